The summed E-state index contributed by atoms with van der Waals surface area (Å²) in [5.74, 6) is 0.958. The molecular formula is C29H30N2O4S. The van der Waals surface area contributed by atoms with Crippen LogP contribution in [0.1, 0.15) is 34.8 Å². The van der Waals surface area contributed by atoms with Crippen molar-refractivity contribution < 1.29 is 19.1 Å². The number of carbonyl (C=O) groups excluding carboxylic acids is 2. The minimum Gasteiger partial charge on any atom is -0.493 e. The van der Waals surface area contributed by atoms with Gasteiger partial charge in [0, 0.05) is 23.5 Å². The lowest BCUT2D eigenvalue weighted by molar-refractivity contribution is -0.114. The second-order valence-electron chi connectivity index (χ2n) is 8.67. The van der Waals surface area contributed by atoms with Crippen molar-refractivity contribution in [2.45, 2.75) is 30.7 Å². The Morgan fingerprint density at radius 1 is 1.03 bits per heavy atom. The smallest absolute Gasteiger partial charge is 0.264 e. The fraction of sp³-hybridized carbons (Fsp3) is 0.241. The van der Waals surface area contributed by atoms with Gasteiger partial charge in [-0.2, -0.15) is 0 Å². The number of thioether (sulfide) groups is 1. The number of benzene rings is 3. The number of ether oxygens (including phenoxy) is 2. The van der Waals surface area contributed by atoms with E-state index >= 15 is 0 Å². The maximum atomic E-state index is 13.1. The summed E-state index contributed by atoms with van der Waals surface area (Å²) in [5, 5.41) is 3.08. The van der Waals surface area contributed by atoms with Crippen molar-refractivity contribution in [2.75, 3.05) is 26.2 Å². The second-order valence-corrected chi connectivity index (χ2v) is 9.75. The number of methoxy groups -OCH3 is 2. The molecule has 3 aromatic rings. The van der Waals surface area contributed by atoms with Crippen LogP contribution < -0.4 is 19.7 Å². The summed E-state index contributed by atoms with van der Waals surface area (Å²) in [6, 6.07) is 21.3. The van der Waals surface area contributed by atoms with E-state index in [-0.39, 0.29) is 17.9 Å². The van der Waals surface area contributed by atoms with Gasteiger partial charge in [0.15, 0.2) is 11.5 Å². The van der Waals surface area contributed by atoms with Crippen LogP contribution in [0.5, 0.6) is 11.5 Å². The van der Waals surface area contributed by atoms with Crippen molar-refractivity contribution in [1.29, 1.82) is 0 Å². The van der Waals surface area contributed by atoms with E-state index in [1.54, 1.807) is 32.2 Å². The predicted octanol–water partition coefficient (Wildman–Crippen LogP) is 5.56. The van der Waals surface area contributed by atoms with E-state index in [4.69, 9.17) is 9.47 Å². The van der Waals surface area contributed by atoms with Crippen molar-refractivity contribution >= 4 is 35.3 Å². The molecule has 7 heteroatoms. The molecule has 1 N–H and O–H groups in total. The van der Waals surface area contributed by atoms with Gasteiger partial charge < -0.3 is 19.7 Å². The van der Waals surface area contributed by atoms with Crippen LogP contribution in [0.2, 0.25) is 0 Å². The first-order chi connectivity index (χ1) is 17.4. The van der Waals surface area contributed by atoms with E-state index < -0.39 is 0 Å². The van der Waals surface area contributed by atoms with Crippen molar-refractivity contribution in [2.24, 2.45) is 0 Å². The first kappa shape index (κ1) is 25.4. The van der Waals surface area contributed by atoms with Gasteiger partial charge in [-0.1, -0.05) is 48.2 Å². The van der Waals surface area contributed by atoms with Crippen molar-refractivity contribution in [1.82, 2.24) is 5.32 Å². The molecule has 0 unspecified atom stereocenters. The quantitative estimate of drug-likeness (QED) is 0.408. The number of hydrogen-bond donors (Lipinski definition) is 1. The molecule has 0 aliphatic carbocycles. The van der Waals surface area contributed by atoms with Gasteiger partial charge in [0.25, 0.3) is 11.8 Å². The van der Waals surface area contributed by atoms with Gasteiger partial charge >= 0.3 is 0 Å². The highest BCUT2D eigenvalue weighted by Crippen LogP contribution is 2.42. The molecule has 1 aliphatic rings. The van der Waals surface area contributed by atoms with E-state index in [2.05, 4.69) is 17.4 Å². The minimum absolute atomic E-state index is 0.0264. The number of aryl methyl sites for hydroxylation is 1. The predicted molar refractivity (Wildman–Crippen MR) is 145 cm³/mol. The Kier molecular flexibility index (Phi) is 8.00. The normalized spacial score (nSPS) is 14.8. The van der Waals surface area contributed by atoms with Gasteiger partial charge in [0.1, 0.15) is 0 Å². The summed E-state index contributed by atoms with van der Waals surface area (Å²) in [6.45, 7) is 2.01. The first-order valence-corrected chi connectivity index (χ1v) is 12.6. The van der Waals surface area contributed by atoms with Gasteiger partial charge in [-0.3, -0.25) is 9.59 Å². The fourth-order valence-electron chi connectivity index (χ4n) is 4.04. The molecule has 0 radical (unpaired) electrons. The first-order valence-electron chi connectivity index (χ1n) is 11.8. The summed E-state index contributed by atoms with van der Waals surface area (Å²) in [4.78, 5) is 29.1. The molecule has 0 aromatic heterocycles. The molecule has 1 atom stereocenters. The topological polar surface area (TPSA) is 67.9 Å². The SMILES string of the molecule is COc1ccc(/C=C2\Sc3ccc(C(=O)N[C@@H](C)CCc4ccccc4)cc3N(C)C2=O)cc1OC. The Balaban J connectivity index is 1.47. The average Bonchev–Trinajstić information content (AvgIpc) is 2.90. The van der Waals surface area contributed by atoms with Crippen molar-refractivity contribution in [3.8, 4) is 11.5 Å². The second kappa shape index (κ2) is 11.4. The summed E-state index contributed by atoms with van der Waals surface area (Å²) in [6.07, 6.45) is 3.58. The van der Waals surface area contributed by atoms with E-state index in [0.717, 1.165) is 29.0 Å². The molecule has 1 heterocycles. The number of hydrogen-bond acceptors (Lipinski definition) is 5. The maximum Gasteiger partial charge on any atom is 0.264 e. The maximum absolute atomic E-state index is 13.1. The van der Waals surface area contributed by atoms with E-state index in [9.17, 15) is 9.59 Å². The van der Waals surface area contributed by atoms with Gasteiger partial charge in [-0.25, -0.2) is 0 Å². The third-order valence-electron chi connectivity index (χ3n) is 6.11. The van der Waals surface area contributed by atoms with Gasteiger partial charge in [0.05, 0.1) is 24.8 Å². The zero-order valence-corrected chi connectivity index (χ0v) is 21.7. The highest BCUT2D eigenvalue weighted by Gasteiger charge is 2.27. The van der Waals surface area contributed by atoms with Crippen LogP contribution in [0, 0.1) is 0 Å². The molecule has 2 amide bonds. The lowest BCUT2D eigenvalue weighted by Gasteiger charge is -2.27. The molecule has 0 fully saturated rings. The van der Waals surface area contributed by atoms with Crippen LogP contribution in [0.25, 0.3) is 6.08 Å². The number of rotatable bonds is 8. The molecule has 0 bridgehead atoms. The highest BCUT2D eigenvalue weighted by molar-refractivity contribution is 8.04. The summed E-state index contributed by atoms with van der Waals surface area (Å²) in [7, 11) is 4.90. The van der Waals surface area contributed by atoms with E-state index in [1.165, 1.54) is 17.3 Å². The number of fused-ring (bicyclic) bond motifs is 1. The molecule has 6 nitrogen and oxygen atoms in total. The Morgan fingerprint density at radius 3 is 2.50 bits per heavy atom. The fourth-order valence-corrected chi connectivity index (χ4v) is 5.13. The van der Waals surface area contributed by atoms with E-state index in [1.807, 2.05) is 61.5 Å². The molecule has 3 aromatic carbocycles. The van der Waals surface area contributed by atoms with Crippen LogP contribution >= 0.6 is 11.8 Å². The van der Waals surface area contributed by atoms with Crippen LogP contribution in [0.3, 0.4) is 0 Å². The zero-order valence-electron chi connectivity index (χ0n) is 20.9. The molecule has 0 spiro atoms. The summed E-state index contributed by atoms with van der Waals surface area (Å²) >= 11 is 1.39. The molecular weight excluding hydrogens is 472 g/mol. The van der Waals surface area contributed by atoms with Crippen molar-refractivity contribution in [3.63, 3.8) is 0 Å². The zero-order chi connectivity index (χ0) is 25.7. The summed E-state index contributed by atoms with van der Waals surface area (Å²) in [5.41, 5.74) is 3.34. The van der Waals surface area contributed by atoms with Crippen LogP contribution in [-0.4, -0.2) is 39.1 Å². The molecule has 1 aliphatic heterocycles. The number of likely N-dealkylation sites (N-methyl/N-ethyl adjacent to an activating group) is 1. The standard InChI is InChI=1S/C29H30N2O4S/c1-19(10-11-20-8-6-5-7-9-20)30-28(32)22-13-15-26-23(18-22)31(2)29(33)27(36-26)17-21-12-14-24(34-3)25(16-21)35-4/h5-9,12-19H,10-11H2,1-4H3,(H,30,32)/b27-17-/t19-/m0/s1. The molecule has 36 heavy (non-hydrogen) atoms. The molecule has 0 saturated heterocycles. The Morgan fingerprint density at radius 2 is 1.78 bits per heavy atom. The Bertz CT molecular complexity index is 1290. The van der Waals surface area contributed by atoms with Crippen molar-refractivity contribution in [3.05, 3.63) is 88.3 Å². The monoisotopic (exact) mass is 502 g/mol. The third-order valence-corrected chi connectivity index (χ3v) is 7.19. The summed E-state index contributed by atoms with van der Waals surface area (Å²) < 4.78 is 10.7. The van der Waals surface area contributed by atoms with Gasteiger partial charge in [-0.05, 0) is 67.3 Å². The number of nitrogens with zero attached hydrogens (tertiary/aromatic N) is 1. The number of anilines is 1. The van der Waals surface area contributed by atoms with E-state index in [0.29, 0.717) is 22.0 Å². The van der Waals surface area contributed by atoms with Crippen LogP contribution in [0.15, 0.2) is 76.5 Å². The third kappa shape index (κ3) is 5.74. The van der Waals surface area contributed by atoms with Gasteiger partial charge in [0.2, 0.25) is 0 Å². The van der Waals surface area contributed by atoms with Crippen LogP contribution in [0.4, 0.5) is 5.69 Å². The Hall–Kier alpha value is -3.71. The minimum atomic E-state index is -0.143. The molecule has 4 rings (SSSR count). The largest absolute Gasteiger partial charge is 0.493 e. The van der Waals surface area contributed by atoms with Gasteiger partial charge in [-0.15, -0.1) is 0 Å². The number of carbonyl (C=O) groups is 2. The molecule has 186 valence electrons. The Labute approximate surface area is 216 Å². The number of nitrogens with one attached hydrogen (secondary N) is 1. The lowest BCUT2D eigenvalue weighted by atomic mass is 10.1. The molecule has 0 saturated carbocycles. The lowest BCUT2D eigenvalue weighted by Crippen LogP contribution is -2.34. The number of amides is 2. The average molecular weight is 503 g/mol. The highest BCUT2D eigenvalue weighted by atomic mass is 32.2. The van der Waals surface area contributed by atoms with Crippen LogP contribution in [-0.2, 0) is 11.2 Å².